The molecule has 0 atom stereocenters. The SMILES string of the molecule is O=C(CSc1ccc(N2CCC(C(=O)NC3CC3)CC2)nn1)NCc1ccc(C(F)(F)F)cc1. The van der Waals surface area contributed by atoms with Gasteiger partial charge in [0.05, 0.1) is 11.3 Å². The van der Waals surface area contributed by atoms with Crippen LogP contribution in [0.3, 0.4) is 0 Å². The Bertz CT molecular complexity index is 989. The first kappa shape index (κ1) is 24.3. The number of amides is 2. The van der Waals surface area contributed by atoms with Crippen LogP contribution in [0.1, 0.15) is 36.8 Å². The summed E-state index contributed by atoms with van der Waals surface area (Å²) in [6, 6.07) is 8.75. The van der Waals surface area contributed by atoms with E-state index in [0.717, 1.165) is 56.7 Å². The summed E-state index contributed by atoms with van der Waals surface area (Å²) in [6.07, 6.45) is -0.625. The van der Waals surface area contributed by atoms with Gasteiger partial charge in [0.15, 0.2) is 5.82 Å². The standard InChI is InChI=1S/C23H26F3N5O2S/c24-23(25,26)17-3-1-15(2-4-17)13-27-20(32)14-34-21-8-7-19(29-30-21)31-11-9-16(10-12-31)22(33)28-18-5-6-18/h1-4,7-8,16,18H,5-6,9-14H2,(H,27,32)(H,28,33). The fourth-order valence-electron chi connectivity index (χ4n) is 3.68. The zero-order valence-electron chi connectivity index (χ0n) is 18.5. The monoisotopic (exact) mass is 493 g/mol. The second kappa shape index (κ2) is 10.6. The highest BCUT2D eigenvalue weighted by Crippen LogP contribution is 2.29. The van der Waals surface area contributed by atoms with E-state index in [4.69, 9.17) is 0 Å². The fraction of sp³-hybridized carbons (Fsp3) is 0.478. The Morgan fingerprint density at radius 1 is 1.00 bits per heavy atom. The van der Waals surface area contributed by atoms with E-state index in [1.54, 1.807) is 0 Å². The van der Waals surface area contributed by atoms with Gasteiger partial charge in [0.2, 0.25) is 11.8 Å². The number of benzene rings is 1. The zero-order valence-corrected chi connectivity index (χ0v) is 19.3. The van der Waals surface area contributed by atoms with Crippen LogP contribution in [0.15, 0.2) is 41.4 Å². The molecule has 2 amide bonds. The van der Waals surface area contributed by atoms with Crippen molar-refractivity contribution in [1.29, 1.82) is 0 Å². The lowest BCUT2D eigenvalue weighted by molar-refractivity contribution is -0.137. The number of nitrogens with one attached hydrogen (secondary N) is 2. The molecule has 1 aromatic carbocycles. The van der Waals surface area contributed by atoms with Crippen molar-refractivity contribution < 1.29 is 22.8 Å². The summed E-state index contributed by atoms with van der Waals surface area (Å²) in [6.45, 7) is 1.64. The molecule has 4 rings (SSSR count). The van der Waals surface area contributed by atoms with E-state index in [-0.39, 0.29) is 30.0 Å². The number of alkyl halides is 3. The lowest BCUT2D eigenvalue weighted by Crippen LogP contribution is -2.41. The predicted octanol–water partition coefficient (Wildman–Crippen LogP) is 3.40. The molecule has 0 bridgehead atoms. The van der Waals surface area contributed by atoms with Crippen LogP contribution in [0.2, 0.25) is 0 Å². The van der Waals surface area contributed by atoms with Gasteiger partial charge in [-0.25, -0.2) is 0 Å². The third-order valence-corrected chi connectivity index (χ3v) is 6.78. The average Bonchev–Trinajstić information content (AvgIpc) is 3.65. The van der Waals surface area contributed by atoms with Gasteiger partial charge in [-0.05, 0) is 55.5 Å². The Balaban J connectivity index is 1.17. The minimum absolute atomic E-state index is 0.0562. The number of aromatic nitrogens is 2. The van der Waals surface area contributed by atoms with Gasteiger partial charge < -0.3 is 15.5 Å². The van der Waals surface area contributed by atoms with E-state index in [0.29, 0.717) is 16.6 Å². The Hall–Kier alpha value is -2.82. The first-order valence-electron chi connectivity index (χ1n) is 11.2. The van der Waals surface area contributed by atoms with Crippen molar-refractivity contribution in [1.82, 2.24) is 20.8 Å². The first-order chi connectivity index (χ1) is 16.3. The molecule has 1 aliphatic carbocycles. The van der Waals surface area contributed by atoms with Crippen LogP contribution in [0.5, 0.6) is 0 Å². The van der Waals surface area contributed by atoms with Crippen LogP contribution in [0.4, 0.5) is 19.0 Å². The van der Waals surface area contributed by atoms with E-state index >= 15 is 0 Å². The summed E-state index contributed by atoms with van der Waals surface area (Å²) < 4.78 is 37.8. The Morgan fingerprint density at radius 3 is 2.29 bits per heavy atom. The molecular formula is C23H26F3N5O2S. The maximum absolute atomic E-state index is 12.6. The van der Waals surface area contributed by atoms with Crippen LogP contribution in [0.25, 0.3) is 0 Å². The van der Waals surface area contributed by atoms with Gasteiger partial charge in [0, 0.05) is 31.6 Å². The van der Waals surface area contributed by atoms with Gasteiger partial charge in [-0.2, -0.15) is 13.2 Å². The molecule has 11 heteroatoms. The van der Waals surface area contributed by atoms with Gasteiger partial charge in [-0.3, -0.25) is 9.59 Å². The molecule has 1 aliphatic heterocycles. The summed E-state index contributed by atoms with van der Waals surface area (Å²) in [4.78, 5) is 26.4. The van der Waals surface area contributed by atoms with Crippen molar-refractivity contribution in [3.63, 3.8) is 0 Å². The molecule has 0 unspecified atom stereocenters. The van der Waals surface area contributed by atoms with E-state index in [1.807, 2.05) is 12.1 Å². The zero-order chi connectivity index (χ0) is 24.1. The van der Waals surface area contributed by atoms with Crippen molar-refractivity contribution in [3.8, 4) is 0 Å². The summed E-state index contributed by atoms with van der Waals surface area (Å²) in [5.74, 6) is 0.840. The third-order valence-electron chi connectivity index (χ3n) is 5.86. The number of thioether (sulfide) groups is 1. The topological polar surface area (TPSA) is 87.2 Å². The number of halogens is 3. The molecule has 1 saturated carbocycles. The molecule has 182 valence electrons. The number of anilines is 1. The van der Waals surface area contributed by atoms with Crippen molar-refractivity contribution in [2.24, 2.45) is 5.92 Å². The summed E-state index contributed by atoms with van der Waals surface area (Å²) in [5.41, 5.74) is -0.132. The number of nitrogens with zero attached hydrogens (tertiary/aromatic N) is 3. The molecule has 2 fully saturated rings. The molecule has 0 spiro atoms. The van der Waals surface area contributed by atoms with E-state index in [1.165, 1.54) is 23.9 Å². The highest BCUT2D eigenvalue weighted by Gasteiger charge is 2.31. The highest BCUT2D eigenvalue weighted by atomic mass is 32.2. The molecule has 2 aromatic rings. The van der Waals surface area contributed by atoms with E-state index in [9.17, 15) is 22.8 Å². The lowest BCUT2D eigenvalue weighted by atomic mass is 9.96. The van der Waals surface area contributed by atoms with Gasteiger partial charge in [0.25, 0.3) is 0 Å². The lowest BCUT2D eigenvalue weighted by Gasteiger charge is -2.31. The minimum atomic E-state index is -4.38. The van der Waals surface area contributed by atoms with Crippen LogP contribution in [-0.4, -0.2) is 46.9 Å². The van der Waals surface area contributed by atoms with E-state index < -0.39 is 11.7 Å². The first-order valence-corrected chi connectivity index (χ1v) is 12.2. The van der Waals surface area contributed by atoms with Crippen molar-refractivity contribution >= 4 is 29.4 Å². The van der Waals surface area contributed by atoms with Crippen LogP contribution in [0, 0.1) is 5.92 Å². The Kier molecular flexibility index (Phi) is 7.60. The summed E-state index contributed by atoms with van der Waals surface area (Å²) in [7, 11) is 0. The predicted molar refractivity (Wildman–Crippen MR) is 122 cm³/mol. The van der Waals surface area contributed by atoms with Crippen LogP contribution < -0.4 is 15.5 Å². The maximum Gasteiger partial charge on any atom is 0.416 e. The maximum atomic E-state index is 12.6. The number of carbonyl (C=O) groups excluding carboxylic acids is 2. The molecule has 0 radical (unpaired) electrons. The molecule has 2 aliphatic rings. The van der Waals surface area contributed by atoms with Gasteiger partial charge in [-0.15, -0.1) is 10.2 Å². The average molecular weight is 494 g/mol. The minimum Gasteiger partial charge on any atom is -0.355 e. The molecule has 7 nitrogen and oxygen atoms in total. The van der Waals surface area contributed by atoms with Gasteiger partial charge in [-0.1, -0.05) is 23.9 Å². The molecule has 34 heavy (non-hydrogen) atoms. The fourth-order valence-corrected chi connectivity index (χ4v) is 4.32. The smallest absolute Gasteiger partial charge is 0.355 e. The Labute approximate surface area is 199 Å². The summed E-state index contributed by atoms with van der Waals surface area (Å²) >= 11 is 1.23. The number of carbonyl (C=O) groups is 2. The molecule has 2 N–H and O–H groups in total. The number of piperidine rings is 1. The quantitative estimate of drug-likeness (QED) is 0.549. The normalized spacial score (nSPS) is 16.9. The second-order valence-corrected chi connectivity index (χ2v) is 9.53. The third kappa shape index (κ3) is 6.85. The van der Waals surface area contributed by atoms with Crippen molar-refractivity contribution in [3.05, 3.63) is 47.5 Å². The van der Waals surface area contributed by atoms with Gasteiger partial charge >= 0.3 is 6.18 Å². The highest BCUT2D eigenvalue weighted by molar-refractivity contribution is 7.99. The number of hydrogen-bond acceptors (Lipinski definition) is 6. The van der Waals surface area contributed by atoms with Gasteiger partial charge in [0.1, 0.15) is 5.03 Å². The number of rotatable bonds is 8. The van der Waals surface area contributed by atoms with Crippen LogP contribution in [-0.2, 0) is 22.3 Å². The molecule has 1 aromatic heterocycles. The second-order valence-electron chi connectivity index (χ2n) is 8.53. The number of hydrogen-bond donors (Lipinski definition) is 2. The largest absolute Gasteiger partial charge is 0.416 e. The van der Waals surface area contributed by atoms with Crippen molar-refractivity contribution in [2.75, 3.05) is 23.7 Å². The van der Waals surface area contributed by atoms with Crippen molar-refractivity contribution in [2.45, 2.75) is 49.5 Å². The van der Waals surface area contributed by atoms with Crippen LogP contribution >= 0.6 is 11.8 Å². The molecular weight excluding hydrogens is 467 g/mol. The Morgan fingerprint density at radius 2 is 1.71 bits per heavy atom. The van der Waals surface area contributed by atoms with E-state index in [2.05, 4.69) is 25.7 Å². The molecule has 1 saturated heterocycles. The molecule has 2 heterocycles. The summed E-state index contributed by atoms with van der Waals surface area (Å²) in [5, 5.41) is 14.8.